The fourth-order valence-electron chi connectivity index (χ4n) is 2.86. The minimum atomic E-state index is 0.468. The molecule has 0 amide bonds. The number of fused-ring (bicyclic) bond motifs is 1. The van der Waals surface area contributed by atoms with Gasteiger partial charge in [0.2, 0.25) is 0 Å². The molecule has 0 saturated carbocycles. The van der Waals surface area contributed by atoms with Crippen molar-refractivity contribution in [2.45, 2.75) is 13.0 Å². The molecule has 1 saturated heterocycles. The second kappa shape index (κ2) is 5.77. The summed E-state index contributed by atoms with van der Waals surface area (Å²) < 4.78 is 10.8. The van der Waals surface area contributed by atoms with Gasteiger partial charge in [-0.1, -0.05) is 0 Å². The SMILES string of the molecule is COc1cc2ccnc(N3CCNC(C)C3)c2cc1OC. The number of hydrogen-bond donors (Lipinski definition) is 1. The van der Waals surface area contributed by atoms with Crippen LogP contribution in [-0.4, -0.2) is 44.9 Å². The number of piperazine rings is 1. The zero-order valence-corrected chi connectivity index (χ0v) is 12.7. The van der Waals surface area contributed by atoms with Crippen LogP contribution < -0.4 is 19.7 Å². The van der Waals surface area contributed by atoms with E-state index in [4.69, 9.17) is 9.47 Å². The molecule has 112 valence electrons. The first-order valence-corrected chi connectivity index (χ1v) is 7.22. The molecule has 5 nitrogen and oxygen atoms in total. The summed E-state index contributed by atoms with van der Waals surface area (Å²) in [6, 6.07) is 6.50. The lowest BCUT2D eigenvalue weighted by molar-refractivity contribution is 0.356. The van der Waals surface area contributed by atoms with E-state index in [2.05, 4.69) is 22.1 Å². The molecule has 0 bridgehead atoms. The molecule has 1 atom stereocenters. The van der Waals surface area contributed by atoms with Gasteiger partial charge >= 0.3 is 0 Å². The summed E-state index contributed by atoms with van der Waals surface area (Å²) in [4.78, 5) is 6.93. The van der Waals surface area contributed by atoms with Crippen LogP contribution in [0.3, 0.4) is 0 Å². The molecule has 1 aliphatic rings. The minimum absolute atomic E-state index is 0.468. The van der Waals surface area contributed by atoms with Gasteiger partial charge in [-0.2, -0.15) is 0 Å². The summed E-state index contributed by atoms with van der Waals surface area (Å²) in [6.45, 7) is 5.10. The molecular formula is C16H21N3O2. The minimum Gasteiger partial charge on any atom is -0.493 e. The highest BCUT2D eigenvalue weighted by Gasteiger charge is 2.19. The van der Waals surface area contributed by atoms with Crippen LogP contribution in [0.4, 0.5) is 5.82 Å². The molecule has 21 heavy (non-hydrogen) atoms. The third kappa shape index (κ3) is 2.61. The van der Waals surface area contributed by atoms with E-state index in [0.717, 1.165) is 47.7 Å². The Bertz CT molecular complexity index is 645. The Kier molecular flexibility index (Phi) is 3.84. The summed E-state index contributed by atoms with van der Waals surface area (Å²) in [5, 5.41) is 5.67. The van der Waals surface area contributed by atoms with Crippen LogP contribution in [-0.2, 0) is 0 Å². The number of pyridine rings is 1. The van der Waals surface area contributed by atoms with Crippen molar-refractivity contribution >= 4 is 16.6 Å². The van der Waals surface area contributed by atoms with E-state index in [0.29, 0.717) is 6.04 Å². The van der Waals surface area contributed by atoms with Crippen molar-refractivity contribution in [1.82, 2.24) is 10.3 Å². The van der Waals surface area contributed by atoms with E-state index in [1.54, 1.807) is 14.2 Å². The predicted molar refractivity (Wildman–Crippen MR) is 84.5 cm³/mol. The summed E-state index contributed by atoms with van der Waals surface area (Å²) in [7, 11) is 3.32. The Morgan fingerprint density at radius 2 is 2.00 bits per heavy atom. The molecular weight excluding hydrogens is 266 g/mol. The van der Waals surface area contributed by atoms with Gasteiger partial charge in [-0.15, -0.1) is 0 Å². The number of aromatic nitrogens is 1. The monoisotopic (exact) mass is 287 g/mol. The number of methoxy groups -OCH3 is 2. The highest BCUT2D eigenvalue weighted by atomic mass is 16.5. The van der Waals surface area contributed by atoms with E-state index in [-0.39, 0.29) is 0 Å². The van der Waals surface area contributed by atoms with Gasteiger partial charge in [0.1, 0.15) is 5.82 Å². The predicted octanol–water partition coefficient (Wildman–Crippen LogP) is 2.05. The Morgan fingerprint density at radius 3 is 2.71 bits per heavy atom. The highest BCUT2D eigenvalue weighted by molar-refractivity contribution is 5.94. The Labute approximate surface area is 124 Å². The number of anilines is 1. The topological polar surface area (TPSA) is 46.6 Å². The van der Waals surface area contributed by atoms with Gasteiger partial charge in [-0.05, 0) is 30.5 Å². The average Bonchev–Trinajstić information content (AvgIpc) is 2.52. The van der Waals surface area contributed by atoms with Crippen molar-refractivity contribution in [3.63, 3.8) is 0 Å². The quantitative estimate of drug-likeness (QED) is 0.936. The molecule has 1 aromatic carbocycles. The van der Waals surface area contributed by atoms with Crippen LogP contribution in [0.2, 0.25) is 0 Å². The van der Waals surface area contributed by atoms with E-state index in [9.17, 15) is 0 Å². The van der Waals surface area contributed by atoms with E-state index in [1.165, 1.54) is 0 Å². The number of ether oxygens (including phenoxy) is 2. The lowest BCUT2D eigenvalue weighted by atomic mass is 10.1. The molecule has 1 aliphatic heterocycles. The number of nitrogens with one attached hydrogen (secondary N) is 1. The van der Waals surface area contributed by atoms with Crippen LogP contribution in [0, 0.1) is 0 Å². The largest absolute Gasteiger partial charge is 0.493 e. The number of rotatable bonds is 3. The molecule has 1 fully saturated rings. The number of nitrogens with zero attached hydrogens (tertiary/aromatic N) is 2. The fourth-order valence-corrected chi connectivity index (χ4v) is 2.86. The third-order valence-corrected chi connectivity index (χ3v) is 3.92. The highest BCUT2D eigenvalue weighted by Crippen LogP contribution is 2.35. The van der Waals surface area contributed by atoms with E-state index < -0.39 is 0 Å². The second-order valence-corrected chi connectivity index (χ2v) is 5.36. The first-order valence-electron chi connectivity index (χ1n) is 7.22. The van der Waals surface area contributed by atoms with Crippen LogP contribution >= 0.6 is 0 Å². The van der Waals surface area contributed by atoms with Gasteiger partial charge in [0.05, 0.1) is 14.2 Å². The zero-order chi connectivity index (χ0) is 14.8. The summed E-state index contributed by atoms with van der Waals surface area (Å²) in [6.07, 6.45) is 1.86. The molecule has 3 rings (SSSR count). The van der Waals surface area contributed by atoms with Crippen LogP contribution in [0.1, 0.15) is 6.92 Å². The zero-order valence-electron chi connectivity index (χ0n) is 12.7. The van der Waals surface area contributed by atoms with Gasteiger partial charge in [-0.25, -0.2) is 4.98 Å². The lowest BCUT2D eigenvalue weighted by Gasteiger charge is -2.33. The molecule has 0 spiro atoms. The van der Waals surface area contributed by atoms with E-state index in [1.807, 2.05) is 24.4 Å². The molecule has 0 radical (unpaired) electrons. The Hall–Kier alpha value is -2.01. The molecule has 5 heteroatoms. The van der Waals surface area contributed by atoms with E-state index >= 15 is 0 Å². The van der Waals surface area contributed by atoms with Crippen molar-refractivity contribution in [2.75, 3.05) is 38.8 Å². The third-order valence-electron chi connectivity index (χ3n) is 3.92. The average molecular weight is 287 g/mol. The summed E-state index contributed by atoms with van der Waals surface area (Å²) in [5.41, 5.74) is 0. The smallest absolute Gasteiger partial charge is 0.161 e. The van der Waals surface area contributed by atoms with Gasteiger partial charge in [-0.3, -0.25) is 0 Å². The molecule has 1 aromatic heterocycles. The molecule has 0 aliphatic carbocycles. The summed E-state index contributed by atoms with van der Waals surface area (Å²) >= 11 is 0. The standard InChI is InChI=1S/C16H21N3O2/c1-11-10-19(7-6-17-11)16-13-9-15(21-3)14(20-2)8-12(13)4-5-18-16/h4-5,8-9,11,17H,6-7,10H2,1-3H3. The maximum atomic E-state index is 5.42. The Balaban J connectivity index is 2.10. The Morgan fingerprint density at radius 1 is 1.24 bits per heavy atom. The van der Waals surface area contributed by atoms with Crippen molar-refractivity contribution in [3.05, 3.63) is 24.4 Å². The van der Waals surface area contributed by atoms with Crippen molar-refractivity contribution < 1.29 is 9.47 Å². The number of hydrogen-bond acceptors (Lipinski definition) is 5. The van der Waals surface area contributed by atoms with Gasteiger partial charge in [0.15, 0.2) is 11.5 Å². The first kappa shape index (κ1) is 13.9. The van der Waals surface area contributed by atoms with Crippen LogP contribution in [0.5, 0.6) is 11.5 Å². The summed E-state index contributed by atoms with van der Waals surface area (Å²) in [5.74, 6) is 2.50. The molecule has 2 aromatic rings. The second-order valence-electron chi connectivity index (χ2n) is 5.36. The normalized spacial score (nSPS) is 18.8. The van der Waals surface area contributed by atoms with Crippen molar-refractivity contribution in [3.8, 4) is 11.5 Å². The van der Waals surface area contributed by atoms with Crippen molar-refractivity contribution in [2.24, 2.45) is 0 Å². The lowest BCUT2D eigenvalue weighted by Crippen LogP contribution is -2.49. The van der Waals surface area contributed by atoms with Gasteiger partial charge < -0.3 is 19.7 Å². The van der Waals surface area contributed by atoms with Crippen LogP contribution in [0.15, 0.2) is 24.4 Å². The fraction of sp³-hybridized carbons (Fsp3) is 0.438. The molecule has 2 heterocycles. The van der Waals surface area contributed by atoms with Gasteiger partial charge in [0.25, 0.3) is 0 Å². The van der Waals surface area contributed by atoms with Crippen molar-refractivity contribution in [1.29, 1.82) is 0 Å². The first-order chi connectivity index (χ1) is 10.2. The maximum Gasteiger partial charge on any atom is 0.161 e. The molecule has 1 N–H and O–H groups in total. The molecule has 1 unspecified atom stereocenters. The maximum absolute atomic E-state index is 5.42. The van der Waals surface area contributed by atoms with Gasteiger partial charge in [0, 0.05) is 37.3 Å². The van der Waals surface area contributed by atoms with Crippen LogP contribution in [0.25, 0.3) is 10.8 Å². The number of benzene rings is 1.